The highest BCUT2D eigenvalue weighted by atomic mass is 79.9. The van der Waals surface area contributed by atoms with Crippen LogP contribution in [0.5, 0.6) is 0 Å². The molecule has 4 heteroatoms. The number of carboxylic acid groups (broad SMARTS) is 1. The van der Waals surface area contributed by atoms with Crippen LogP contribution in [0.3, 0.4) is 0 Å². The van der Waals surface area contributed by atoms with E-state index in [2.05, 4.69) is 22.9 Å². The molecule has 72 valence electrons. The number of carbonyl (C=O) groups is 1. The first-order valence-corrected chi connectivity index (χ1v) is 5.12. The van der Waals surface area contributed by atoms with Gasteiger partial charge in [0.25, 0.3) is 0 Å². The van der Waals surface area contributed by atoms with E-state index in [0.717, 1.165) is 19.3 Å². The van der Waals surface area contributed by atoms with Crippen LogP contribution in [0.15, 0.2) is 0 Å². The molecule has 3 N–H and O–H groups in total. The van der Waals surface area contributed by atoms with Gasteiger partial charge in [0.1, 0.15) is 6.04 Å². The van der Waals surface area contributed by atoms with E-state index in [-0.39, 0.29) is 0 Å². The molecule has 1 unspecified atom stereocenters. The van der Waals surface area contributed by atoms with Crippen LogP contribution in [0, 0.1) is 0 Å². The van der Waals surface area contributed by atoms with Gasteiger partial charge in [0.15, 0.2) is 0 Å². The molecule has 0 spiro atoms. The number of rotatable bonds is 6. The number of alkyl halides is 1. The van der Waals surface area contributed by atoms with Gasteiger partial charge in [0.05, 0.1) is 0 Å². The maximum atomic E-state index is 10.3. The van der Waals surface area contributed by atoms with Gasteiger partial charge in [0.2, 0.25) is 0 Å². The molecule has 0 aromatic heterocycles. The van der Waals surface area contributed by atoms with Crippen LogP contribution in [-0.4, -0.2) is 21.9 Å². The number of hydrogen-bond acceptors (Lipinski definition) is 2. The minimum Gasteiger partial charge on any atom is -0.480 e. The van der Waals surface area contributed by atoms with E-state index in [9.17, 15) is 4.79 Å². The second kappa shape index (κ2) is 6.43. The van der Waals surface area contributed by atoms with Crippen LogP contribution in [0.4, 0.5) is 0 Å². The summed E-state index contributed by atoms with van der Waals surface area (Å²) in [7, 11) is 0. The monoisotopic (exact) mass is 237 g/mol. The molecule has 0 aliphatic heterocycles. The molecule has 0 aromatic rings. The summed E-state index contributed by atoms with van der Waals surface area (Å²) in [5, 5.41) is 8.48. The van der Waals surface area contributed by atoms with Crippen molar-refractivity contribution in [1.82, 2.24) is 0 Å². The molecular formula is C8H16BrNO2. The van der Waals surface area contributed by atoms with Crippen LogP contribution in [0.1, 0.15) is 32.6 Å². The topological polar surface area (TPSA) is 63.3 Å². The normalized spacial score (nSPS) is 15.6. The molecular weight excluding hydrogens is 222 g/mol. The maximum Gasteiger partial charge on any atom is 0.320 e. The van der Waals surface area contributed by atoms with Gasteiger partial charge in [-0.1, -0.05) is 29.3 Å². The van der Waals surface area contributed by atoms with Crippen LogP contribution < -0.4 is 5.73 Å². The van der Waals surface area contributed by atoms with Crippen molar-refractivity contribution >= 4 is 21.9 Å². The van der Waals surface area contributed by atoms with Crippen LogP contribution in [-0.2, 0) is 4.79 Å². The summed E-state index contributed by atoms with van der Waals surface area (Å²) in [4.78, 5) is 10.7. The lowest BCUT2D eigenvalue weighted by Gasteiger charge is -2.10. The van der Waals surface area contributed by atoms with Crippen molar-refractivity contribution < 1.29 is 9.90 Å². The number of halogens is 1. The fraction of sp³-hybridized carbons (Fsp3) is 0.875. The Morgan fingerprint density at radius 3 is 2.50 bits per heavy atom. The Morgan fingerprint density at radius 1 is 1.50 bits per heavy atom. The van der Waals surface area contributed by atoms with Gasteiger partial charge >= 0.3 is 5.97 Å². The standard InChI is InChI=1S/C8H16BrNO2/c1-2-3-6(9)4-5-7(10)8(11)12/h6-7H,2-5,10H2,1H3,(H,11,12)/t6-,7?/m0/s1. The quantitative estimate of drug-likeness (QED) is 0.693. The summed E-state index contributed by atoms with van der Waals surface area (Å²) in [5.74, 6) is -0.911. The van der Waals surface area contributed by atoms with Gasteiger partial charge in [-0.3, -0.25) is 4.79 Å². The number of carboxylic acids is 1. The summed E-state index contributed by atoms with van der Waals surface area (Å²) in [6.07, 6.45) is 3.57. The Kier molecular flexibility index (Phi) is 6.38. The van der Waals surface area contributed by atoms with E-state index in [4.69, 9.17) is 10.8 Å². The minimum atomic E-state index is -0.911. The highest BCUT2D eigenvalue weighted by Gasteiger charge is 2.12. The minimum absolute atomic E-state index is 0.410. The molecule has 0 radical (unpaired) electrons. The Morgan fingerprint density at radius 2 is 2.08 bits per heavy atom. The van der Waals surface area contributed by atoms with Crippen molar-refractivity contribution in [3.05, 3.63) is 0 Å². The summed E-state index contributed by atoms with van der Waals surface area (Å²) < 4.78 is 0. The zero-order valence-corrected chi connectivity index (χ0v) is 8.88. The average molecular weight is 238 g/mol. The second-order valence-corrected chi connectivity index (χ2v) is 4.20. The fourth-order valence-corrected chi connectivity index (χ4v) is 1.66. The predicted octanol–water partition coefficient (Wildman–Crippen LogP) is 1.74. The Labute approximate surface area is 81.5 Å². The van der Waals surface area contributed by atoms with Gasteiger partial charge in [0, 0.05) is 4.83 Å². The van der Waals surface area contributed by atoms with Crippen molar-refractivity contribution in [2.75, 3.05) is 0 Å². The van der Waals surface area contributed by atoms with E-state index in [1.165, 1.54) is 0 Å². The Hall–Kier alpha value is -0.0900. The van der Waals surface area contributed by atoms with Crippen LogP contribution in [0.25, 0.3) is 0 Å². The van der Waals surface area contributed by atoms with Crippen LogP contribution >= 0.6 is 15.9 Å². The van der Waals surface area contributed by atoms with Gasteiger partial charge in [-0.2, -0.15) is 0 Å². The van der Waals surface area contributed by atoms with Crippen molar-refractivity contribution in [2.45, 2.75) is 43.5 Å². The van der Waals surface area contributed by atoms with Crippen molar-refractivity contribution in [1.29, 1.82) is 0 Å². The van der Waals surface area contributed by atoms with Crippen molar-refractivity contribution in [3.8, 4) is 0 Å². The highest BCUT2D eigenvalue weighted by molar-refractivity contribution is 9.09. The highest BCUT2D eigenvalue weighted by Crippen LogP contribution is 2.14. The first-order valence-electron chi connectivity index (χ1n) is 4.20. The molecule has 0 saturated heterocycles. The molecule has 0 fully saturated rings. The number of aliphatic carboxylic acids is 1. The lowest BCUT2D eigenvalue weighted by molar-refractivity contribution is -0.138. The predicted molar refractivity (Wildman–Crippen MR) is 52.5 cm³/mol. The van der Waals surface area contributed by atoms with E-state index >= 15 is 0 Å². The second-order valence-electron chi connectivity index (χ2n) is 2.91. The van der Waals surface area contributed by atoms with E-state index < -0.39 is 12.0 Å². The molecule has 0 saturated carbocycles. The Bertz CT molecular complexity index is 141. The van der Waals surface area contributed by atoms with Gasteiger partial charge in [-0.25, -0.2) is 0 Å². The molecule has 12 heavy (non-hydrogen) atoms. The third kappa shape index (κ3) is 5.55. The van der Waals surface area contributed by atoms with E-state index in [1.807, 2.05) is 0 Å². The number of nitrogens with two attached hydrogens (primary N) is 1. The van der Waals surface area contributed by atoms with Crippen LogP contribution in [0.2, 0.25) is 0 Å². The molecule has 2 atom stereocenters. The van der Waals surface area contributed by atoms with Gasteiger partial charge in [-0.15, -0.1) is 0 Å². The molecule has 3 nitrogen and oxygen atoms in total. The van der Waals surface area contributed by atoms with Crippen molar-refractivity contribution in [3.63, 3.8) is 0 Å². The van der Waals surface area contributed by atoms with E-state index in [1.54, 1.807) is 0 Å². The number of hydrogen-bond donors (Lipinski definition) is 2. The van der Waals surface area contributed by atoms with E-state index in [0.29, 0.717) is 11.2 Å². The zero-order chi connectivity index (χ0) is 9.56. The lowest BCUT2D eigenvalue weighted by atomic mass is 10.1. The largest absolute Gasteiger partial charge is 0.480 e. The first-order chi connectivity index (χ1) is 5.57. The summed E-state index contributed by atoms with van der Waals surface area (Å²) >= 11 is 3.47. The molecule has 0 bridgehead atoms. The molecule has 0 aliphatic carbocycles. The summed E-state index contributed by atoms with van der Waals surface area (Å²) in [6, 6.07) is -0.707. The maximum absolute atomic E-state index is 10.3. The van der Waals surface area contributed by atoms with Crippen molar-refractivity contribution in [2.24, 2.45) is 5.73 Å². The molecule has 0 heterocycles. The molecule has 0 amide bonds. The first kappa shape index (κ1) is 11.9. The molecule has 0 rings (SSSR count). The average Bonchev–Trinajstić information content (AvgIpc) is 2.00. The van der Waals surface area contributed by atoms with Gasteiger partial charge in [-0.05, 0) is 19.3 Å². The molecule has 0 aromatic carbocycles. The van der Waals surface area contributed by atoms with Gasteiger partial charge < -0.3 is 10.8 Å². The third-order valence-corrected chi connectivity index (χ3v) is 2.63. The SMILES string of the molecule is CCC[C@H](Br)CCC(N)C(=O)O. The Balaban J connectivity index is 3.46. The third-order valence-electron chi connectivity index (χ3n) is 1.71. The summed E-state index contributed by atoms with van der Waals surface area (Å²) in [5.41, 5.74) is 5.34. The lowest BCUT2D eigenvalue weighted by Crippen LogP contribution is -2.30. The summed E-state index contributed by atoms with van der Waals surface area (Å²) in [6.45, 7) is 2.10. The smallest absolute Gasteiger partial charge is 0.320 e. The fourth-order valence-electron chi connectivity index (χ4n) is 0.941. The zero-order valence-electron chi connectivity index (χ0n) is 7.29. The molecule has 0 aliphatic rings.